The molecule has 0 radical (unpaired) electrons. The molecule has 0 unspecified atom stereocenters. The summed E-state index contributed by atoms with van der Waals surface area (Å²) >= 11 is 0. The molecule has 6 aromatic carbocycles. The molecule has 0 aliphatic rings. The number of fused-ring (bicyclic) bond motifs is 9. The summed E-state index contributed by atoms with van der Waals surface area (Å²) in [5.74, 6) is 0. The summed E-state index contributed by atoms with van der Waals surface area (Å²) in [5.41, 5.74) is 8.65. The zero-order chi connectivity index (χ0) is 26.2. The Kier molecular flexibility index (Phi) is 4.30. The van der Waals surface area contributed by atoms with Crippen LogP contribution in [0, 0.1) is 0 Å². The van der Waals surface area contributed by atoms with Gasteiger partial charge in [-0.2, -0.15) is 0 Å². The van der Waals surface area contributed by atoms with E-state index in [9.17, 15) is 0 Å². The second kappa shape index (κ2) is 8.01. The lowest BCUT2D eigenvalue weighted by Crippen LogP contribution is -1.98. The summed E-state index contributed by atoms with van der Waals surface area (Å²) in [6.45, 7) is 0. The average Bonchev–Trinajstić information content (AvgIpc) is 3.52. The van der Waals surface area contributed by atoms with Crippen molar-refractivity contribution in [2.45, 2.75) is 0 Å². The number of rotatable bonds is 2. The lowest BCUT2D eigenvalue weighted by atomic mass is 10.0. The number of benzene rings is 6. The molecule has 0 saturated carbocycles. The minimum atomic E-state index is 0.886. The summed E-state index contributed by atoms with van der Waals surface area (Å²) in [6.07, 6.45) is 3.53. The third-order valence-corrected chi connectivity index (χ3v) is 8.18. The van der Waals surface area contributed by atoms with Crippen molar-refractivity contribution in [3.8, 4) is 11.4 Å². The molecule has 3 heterocycles. The SMILES string of the molecule is c1ccc(-n2c3cc4c(cc3c3c5ccccc5ccc32)c2ccccc2n4-c2cccc3nccnc23)cc1. The summed E-state index contributed by atoms with van der Waals surface area (Å²) in [7, 11) is 0. The second-order valence-electron chi connectivity index (χ2n) is 10.3. The minimum Gasteiger partial charge on any atom is -0.309 e. The van der Waals surface area contributed by atoms with E-state index in [0.717, 1.165) is 33.4 Å². The highest BCUT2D eigenvalue weighted by Crippen LogP contribution is 2.42. The van der Waals surface area contributed by atoms with E-state index in [1.807, 2.05) is 6.07 Å². The third kappa shape index (κ3) is 2.85. The van der Waals surface area contributed by atoms with Gasteiger partial charge in [0.2, 0.25) is 0 Å². The van der Waals surface area contributed by atoms with Crippen LogP contribution in [0.2, 0.25) is 0 Å². The molecule has 186 valence electrons. The maximum Gasteiger partial charge on any atom is 0.113 e. The van der Waals surface area contributed by atoms with Crippen LogP contribution in [-0.4, -0.2) is 19.1 Å². The van der Waals surface area contributed by atoms with Crippen molar-refractivity contribution >= 4 is 65.4 Å². The normalized spacial score (nSPS) is 12.0. The summed E-state index contributed by atoms with van der Waals surface area (Å²) < 4.78 is 4.76. The van der Waals surface area contributed by atoms with E-state index in [2.05, 4.69) is 129 Å². The Labute approximate surface area is 229 Å². The van der Waals surface area contributed by atoms with Gasteiger partial charge >= 0.3 is 0 Å². The van der Waals surface area contributed by atoms with Gasteiger partial charge in [-0.15, -0.1) is 0 Å². The molecule has 0 saturated heterocycles. The zero-order valence-corrected chi connectivity index (χ0v) is 21.5. The van der Waals surface area contributed by atoms with Crippen molar-refractivity contribution in [3.63, 3.8) is 0 Å². The van der Waals surface area contributed by atoms with Crippen molar-refractivity contribution in [1.82, 2.24) is 19.1 Å². The molecule has 0 aliphatic heterocycles. The van der Waals surface area contributed by atoms with E-state index >= 15 is 0 Å². The van der Waals surface area contributed by atoms with E-state index in [-0.39, 0.29) is 0 Å². The van der Waals surface area contributed by atoms with Crippen LogP contribution < -0.4 is 0 Å². The first kappa shape index (κ1) is 21.5. The molecule has 0 N–H and O–H groups in total. The van der Waals surface area contributed by atoms with Gasteiger partial charge < -0.3 is 9.13 Å². The number of para-hydroxylation sites is 3. The molecular weight excluding hydrogens is 488 g/mol. The van der Waals surface area contributed by atoms with Gasteiger partial charge in [-0.25, -0.2) is 0 Å². The van der Waals surface area contributed by atoms with Gasteiger partial charge in [0.1, 0.15) is 5.52 Å². The number of aromatic nitrogens is 4. The first-order valence-corrected chi connectivity index (χ1v) is 13.5. The molecule has 40 heavy (non-hydrogen) atoms. The highest BCUT2D eigenvalue weighted by atomic mass is 15.0. The highest BCUT2D eigenvalue weighted by Gasteiger charge is 2.20. The molecule has 3 aromatic heterocycles. The van der Waals surface area contributed by atoms with Crippen molar-refractivity contribution in [1.29, 1.82) is 0 Å². The first-order valence-electron chi connectivity index (χ1n) is 13.5. The average molecular weight is 511 g/mol. The van der Waals surface area contributed by atoms with E-state index in [0.29, 0.717) is 0 Å². The number of nitrogens with zero attached hydrogens (tertiary/aromatic N) is 4. The zero-order valence-electron chi connectivity index (χ0n) is 21.5. The largest absolute Gasteiger partial charge is 0.309 e. The van der Waals surface area contributed by atoms with E-state index < -0.39 is 0 Å². The standard InChI is InChI=1S/C36H22N4/c1-2-10-24(11-3-1)39-31-18-17-23-9-4-5-12-25(23)35(31)28-21-27-26-13-6-7-15-30(26)40(33(27)22-34(28)39)32-16-8-14-29-36(32)38-20-19-37-29/h1-22H. The third-order valence-electron chi connectivity index (χ3n) is 8.18. The van der Waals surface area contributed by atoms with Crippen LogP contribution in [0.4, 0.5) is 0 Å². The molecule has 0 bridgehead atoms. The predicted molar refractivity (Wildman–Crippen MR) is 166 cm³/mol. The van der Waals surface area contributed by atoms with Crippen molar-refractivity contribution in [2.24, 2.45) is 0 Å². The lowest BCUT2D eigenvalue weighted by Gasteiger charge is -2.11. The Balaban J connectivity index is 1.53. The lowest BCUT2D eigenvalue weighted by molar-refractivity contribution is 1.16. The smallest absolute Gasteiger partial charge is 0.113 e. The van der Waals surface area contributed by atoms with Crippen LogP contribution >= 0.6 is 0 Å². The molecule has 9 aromatic rings. The molecule has 0 aliphatic carbocycles. The van der Waals surface area contributed by atoms with E-state index in [1.165, 1.54) is 43.4 Å². The Morgan fingerprint density at radius 1 is 0.450 bits per heavy atom. The number of hydrogen-bond acceptors (Lipinski definition) is 2. The first-order chi connectivity index (χ1) is 19.9. The second-order valence-corrected chi connectivity index (χ2v) is 10.3. The van der Waals surface area contributed by atoms with Gasteiger partial charge in [0, 0.05) is 39.6 Å². The molecule has 9 rings (SSSR count). The molecule has 0 spiro atoms. The Morgan fingerprint density at radius 2 is 1.23 bits per heavy atom. The van der Waals surface area contributed by atoms with E-state index in [1.54, 1.807) is 12.4 Å². The predicted octanol–water partition coefficient (Wildman–Crippen LogP) is 8.98. The van der Waals surface area contributed by atoms with Crippen molar-refractivity contribution in [2.75, 3.05) is 0 Å². The number of hydrogen-bond donors (Lipinski definition) is 0. The fourth-order valence-electron chi connectivity index (χ4n) is 6.52. The van der Waals surface area contributed by atoms with Crippen LogP contribution in [0.5, 0.6) is 0 Å². The molecule has 0 amide bonds. The van der Waals surface area contributed by atoms with Gasteiger partial charge in [0.25, 0.3) is 0 Å². The van der Waals surface area contributed by atoms with Crippen molar-refractivity contribution in [3.05, 3.63) is 134 Å². The fraction of sp³-hybridized carbons (Fsp3) is 0. The fourth-order valence-corrected chi connectivity index (χ4v) is 6.52. The Morgan fingerprint density at radius 3 is 2.15 bits per heavy atom. The maximum absolute atomic E-state index is 4.76. The molecule has 4 heteroatoms. The Bertz CT molecular complexity index is 2430. The van der Waals surface area contributed by atoms with Gasteiger partial charge in [0.05, 0.1) is 33.3 Å². The quantitative estimate of drug-likeness (QED) is 0.233. The Hall–Kier alpha value is -5.48. The molecule has 4 nitrogen and oxygen atoms in total. The van der Waals surface area contributed by atoms with Crippen LogP contribution in [-0.2, 0) is 0 Å². The van der Waals surface area contributed by atoms with Gasteiger partial charge in [-0.3, -0.25) is 9.97 Å². The topological polar surface area (TPSA) is 35.6 Å². The van der Waals surface area contributed by atoms with Crippen LogP contribution in [0.25, 0.3) is 76.8 Å². The van der Waals surface area contributed by atoms with Gasteiger partial charge in [-0.1, -0.05) is 72.8 Å². The van der Waals surface area contributed by atoms with Crippen molar-refractivity contribution < 1.29 is 0 Å². The van der Waals surface area contributed by atoms with Gasteiger partial charge in [0.15, 0.2) is 0 Å². The van der Waals surface area contributed by atoms with Crippen LogP contribution in [0.1, 0.15) is 0 Å². The summed E-state index contributed by atoms with van der Waals surface area (Å²) in [5, 5.41) is 7.51. The van der Waals surface area contributed by atoms with E-state index in [4.69, 9.17) is 4.98 Å². The molecule has 0 fully saturated rings. The summed E-state index contributed by atoms with van der Waals surface area (Å²) in [6, 6.07) is 43.5. The highest BCUT2D eigenvalue weighted by molar-refractivity contribution is 6.25. The minimum absolute atomic E-state index is 0.886. The molecule has 0 atom stereocenters. The summed E-state index contributed by atoms with van der Waals surface area (Å²) in [4.78, 5) is 9.35. The maximum atomic E-state index is 4.76. The molecular formula is C36H22N4. The van der Waals surface area contributed by atoms with Crippen LogP contribution in [0.15, 0.2) is 134 Å². The van der Waals surface area contributed by atoms with Gasteiger partial charge in [-0.05, 0) is 59.3 Å². The van der Waals surface area contributed by atoms with Crippen LogP contribution in [0.3, 0.4) is 0 Å². The monoisotopic (exact) mass is 510 g/mol.